The van der Waals surface area contributed by atoms with Gasteiger partial charge in [0, 0.05) is 6.20 Å². The van der Waals surface area contributed by atoms with Gasteiger partial charge in [0.1, 0.15) is 12.0 Å². The largest absolute Gasteiger partial charge is 0.452 e. The molecule has 0 radical (unpaired) electrons. The van der Waals surface area contributed by atoms with Crippen molar-refractivity contribution in [1.82, 2.24) is 9.55 Å². The van der Waals surface area contributed by atoms with Crippen LogP contribution in [0.5, 0.6) is 0 Å². The zero-order valence-corrected chi connectivity index (χ0v) is 6.34. The molecule has 6 nitrogen and oxygen atoms in total. The van der Waals surface area contributed by atoms with Crippen LogP contribution in [0.2, 0.25) is 0 Å². The molecular formula is C6H8N2O4. The second-order valence-corrected chi connectivity index (χ2v) is 2.05. The average Bonchev–Trinajstić information content (AvgIpc) is 2.51. The minimum absolute atomic E-state index is 0.000370. The molecule has 0 saturated carbocycles. The molecule has 12 heavy (non-hydrogen) atoms. The first-order valence-corrected chi connectivity index (χ1v) is 3.13. The lowest BCUT2D eigenvalue weighted by Gasteiger charge is -1.97. The number of aliphatic hydroxyl groups is 2. The Bertz CT molecular complexity index is 281. The van der Waals surface area contributed by atoms with E-state index in [2.05, 4.69) is 9.72 Å². The fourth-order valence-corrected chi connectivity index (χ4v) is 0.677. The summed E-state index contributed by atoms with van der Waals surface area (Å²) < 4.78 is 5.36. The molecule has 2 N–H and O–H groups in total. The van der Waals surface area contributed by atoms with Crippen molar-refractivity contribution in [3.8, 4) is 0 Å². The highest BCUT2D eigenvalue weighted by Crippen LogP contribution is 2.05. The summed E-state index contributed by atoms with van der Waals surface area (Å²) >= 11 is 0. The number of ether oxygens (including phenoxy) is 1. The molecule has 0 saturated heterocycles. The van der Waals surface area contributed by atoms with Gasteiger partial charge in [0.2, 0.25) is 0 Å². The van der Waals surface area contributed by atoms with E-state index in [1.165, 1.54) is 13.3 Å². The molecule has 1 heterocycles. The summed E-state index contributed by atoms with van der Waals surface area (Å²) in [6.45, 7) is 0. The fraction of sp³-hybridized carbons (Fsp3) is 0.333. The SMILES string of the molecule is COC(=O)n1cnc(C(O)O)c1. The predicted octanol–water partition coefficient (Wildman–Crippen LogP) is -0.519. The van der Waals surface area contributed by atoms with Crippen molar-refractivity contribution in [2.24, 2.45) is 0 Å². The molecule has 66 valence electrons. The van der Waals surface area contributed by atoms with Crippen LogP contribution in [0.1, 0.15) is 12.0 Å². The van der Waals surface area contributed by atoms with Gasteiger partial charge in [0.25, 0.3) is 0 Å². The topological polar surface area (TPSA) is 84.6 Å². The predicted molar refractivity (Wildman–Crippen MR) is 37.2 cm³/mol. The van der Waals surface area contributed by atoms with Gasteiger partial charge in [-0.2, -0.15) is 0 Å². The standard InChI is InChI=1S/C6H8N2O4/c1-12-6(11)8-2-4(5(9)10)7-3-8/h2-3,5,9-10H,1H3. The number of nitrogens with zero attached hydrogens (tertiary/aromatic N) is 2. The van der Waals surface area contributed by atoms with E-state index in [-0.39, 0.29) is 5.69 Å². The third kappa shape index (κ3) is 1.60. The van der Waals surface area contributed by atoms with E-state index >= 15 is 0 Å². The van der Waals surface area contributed by atoms with E-state index in [4.69, 9.17) is 10.2 Å². The normalized spacial score (nSPS) is 10.3. The highest BCUT2D eigenvalue weighted by atomic mass is 16.5. The lowest BCUT2D eigenvalue weighted by Crippen LogP contribution is -2.08. The molecule has 0 fully saturated rings. The van der Waals surface area contributed by atoms with E-state index in [1.807, 2.05) is 0 Å². The van der Waals surface area contributed by atoms with Crippen molar-refractivity contribution < 1.29 is 19.7 Å². The summed E-state index contributed by atoms with van der Waals surface area (Å²) in [5.41, 5.74) is 0.000370. The number of hydrogen-bond acceptors (Lipinski definition) is 5. The first-order chi connectivity index (χ1) is 5.65. The molecule has 1 aromatic heterocycles. The molecule has 0 aliphatic rings. The van der Waals surface area contributed by atoms with Crippen molar-refractivity contribution in [3.05, 3.63) is 18.2 Å². The van der Waals surface area contributed by atoms with Gasteiger partial charge >= 0.3 is 6.09 Å². The monoisotopic (exact) mass is 172 g/mol. The van der Waals surface area contributed by atoms with Crippen molar-refractivity contribution in [1.29, 1.82) is 0 Å². The number of hydrogen-bond donors (Lipinski definition) is 2. The van der Waals surface area contributed by atoms with E-state index in [9.17, 15) is 4.79 Å². The lowest BCUT2D eigenvalue weighted by molar-refractivity contribution is -0.0455. The van der Waals surface area contributed by atoms with Gasteiger partial charge in [-0.3, -0.25) is 0 Å². The van der Waals surface area contributed by atoms with Gasteiger partial charge in [-0.05, 0) is 0 Å². The molecule has 0 aliphatic carbocycles. The van der Waals surface area contributed by atoms with Crippen LogP contribution >= 0.6 is 0 Å². The molecule has 0 aliphatic heterocycles. The molecule has 0 bridgehead atoms. The number of carbonyl (C=O) groups is 1. The highest BCUT2D eigenvalue weighted by molar-refractivity contribution is 5.69. The molecule has 0 atom stereocenters. The van der Waals surface area contributed by atoms with Gasteiger partial charge in [0.15, 0.2) is 6.29 Å². The Morgan fingerprint density at radius 1 is 1.75 bits per heavy atom. The van der Waals surface area contributed by atoms with Gasteiger partial charge in [-0.15, -0.1) is 0 Å². The second kappa shape index (κ2) is 3.33. The van der Waals surface area contributed by atoms with Crippen LogP contribution in [-0.4, -0.2) is 33.0 Å². The van der Waals surface area contributed by atoms with E-state index in [1.54, 1.807) is 0 Å². The maximum Gasteiger partial charge on any atom is 0.418 e. The maximum atomic E-state index is 10.8. The Hall–Kier alpha value is -1.40. The molecular weight excluding hydrogens is 164 g/mol. The first kappa shape index (κ1) is 8.69. The van der Waals surface area contributed by atoms with Gasteiger partial charge < -0.3 is 14.9 Å². The van der Waals surface area contributed by atoms with E-state index in [0.717, 1.165) is 10.9 Å². The zero-order chi connectivity index (χ0) is 9.14. The number of aliphatic hydroxyl groups excluding tert-OH is 1. The van der Waals surface area contributed by atoms with Gasteiger partial charge in [-0.25, -0.2) is 14.3 Å². The summed E-state index contributed by atoms with van der Waals surface area (Å²) in [6, 6.07) is 0. The summed E-state index contributed by atoms with van der Waals surface area (Å²) in [6.07, 6.45) is 0.0159. The Kier molecular flexibility index (Phi) is 2.41. The van der Waals surface area contributed by atoms with Crippen molar-refractivity contribution in [3.63, 3.8) is 0 Å². The Morgan fingerprint density at radius 3 is 2.83 bits per heavy atom. The van der Waals surface area contributed by atoms with Crippen LogP contribution in [0, 0.1) is 0 Å². The smallest absolute Gasteiger partial charge is 0.418 e. The summed E-state index contributed by atoms with van der Waals surface area (Å²) in [5, 5.41) is 17.2. The molecule has 0 spiro atoms. The Balaban J connectivity index is 2.84. The highest BCUT2D eigenvalue weighted by Gasteiger charge is 2.09. The fourth-order valence-electron chi connectivity index (χ4n) is 0.677. The van der Waals surface area contributed by atoms with Crippen LogP contribution in [0.3, 0.4) is 0 Å². The van der Waals surface area contributed by atoms with E-state index in [0.29, 0.717) is 0 Å². The maximum absolute atomic E-state index is 10.8. The molecule has 1 rings (SSSR count). The summed E-state index contributed by atoms with van der Waals surface area (Å²) in [7, 11) is 1.22. The quantitative estimate of drug-likeness (QED) is 0.557. The van der Waals surface area contributed by atoms with Crippen LogP contribution in [0.15, 0.2) is 12.5 Å². The number of rotatable bonds is 1. The number of aromatic nitrogens is 2. The molecule has 0 unspecified atom stereocenters. The minimum Gasteiger partial charge on any atom is -0.452 e. The van der Waals surface area contributed by atoms with Crippen LogP contribution in [0.4, 0.5) is 4.79 Å². The van der Waals surface area contributed by atoms with Crippen molar-refractivity contribution in [2.45, 2.75) is 6.29 Å². The second-order valence-electron chi connectivity index (χ2n) is 2.05. The molecule has 0 amide bonds. The van der Waals surface area contributed by atoms with E-state index < -0.39 is 12.4 Å². The van der Waals surface area contributed by atoms with Crippen molar-refractivity contribution in [2.75, 3.05) is 7.11 Å². The lowest BCUT2D eigenvalue weighted by atomic mass is 10.5. The van der Waals surface area contributed by atoms with Gasteiger partial charge in [-0.1, -0.05) is 0 Å². The zero-order valence-electron chi connectivity index (χ0n) is 6.34. The van der Waals surface area contributed by atoms with Crippen LogP contribution in [0.25, 0.3) is 0 Å². The minimum atomic E-state index is -1.67. The average molecular weight is 172 g/mol. The number of carbonyl (C=O) groups excluding carboxylic acids is 1. The summed E-state index contributed by atoms with van der Waals surface area (Å²) in [4.78, 5) is 14.3. The van der Waals surface area contributed by atoms with Gasteiger partial charge in [0.05, 0.1) is 7.11 Å². The Morgan fingerprint density at radius 2 is 2.42 bits per heavy atom. The molecule has 0 aromatic carbocycles. The Labute approximate surface area is 68.0 Å². The van der Waals surface area contributed by atoms with Crippen LogP contribution in [-0.2, 0) is 4.74 Å². The first-order valence-electron chi connectivity index (χ1n) is 3.13. The number of imidazole rings is 1. The third-order valence-electron chi connectivity index (χ3n) is 1.25. The number of methoxy groups -OCH3 is 1. The molecule has 1 aromatic rings. The third-order valence-corrected chi connectivity index (χ3v) is 1.25. The molecule has 6 heteroatoms. The van der Waals surface area contributed by atoms with Crippen molar-refractivity contribution >= 4 is 6.09 Å². The summed E-state index contributed by atoms with van der Waals surface area (Å²) in [5.74, 6) is 0. The van der Waals surface area contributed by atoms with Crippen LogP contribution < -0.4 is 0 Å².